The Morgan fingerprint density at radius 3 is 3.05 bits per heavy atom. The maximum atomic E-state index is 6.27. The largest absolute Gasteiger partial charge is 0.371 e. The summed E-state index contributed by atoms with van der Waals surface area (Å²) in [6.45, 7) is 6.39. The molecule has 22 heavy (non-hydrogen) atoms. The van der Waals surface area contributed by atoms with Gasteiger partial charge in [-0.1, -0.05) is 0 Å². The first-order valence-electron chi connectivity index (χ1n) is 8.64. The predicted octanol–water partition coefficient (Wildman–Crippen LogP) is 2.23. The highest BCUT2D eigenvalue weighted by atomic mass is 16.5. The summed E-state index contributed by atoms with van der Waals surface area (Å²) in [7, 11) is 0. The number of hydrogen-bond acceptors (Lipinski definition) is 5. The summed E-state index contributed by atoms with van der Waals surface area (Å²) < 4.78 is 6.27. The highest BCUT2D eigenvalue weighted by Crippen LogP contribution is 2.37. The van der Waals surface area contributed by atoms with E-state index in [-0.39, 0.29) is 5.60 Å². The molecule has 0 unspecified atom stereocenters. The Labute approximate surface area is 132 Å². The van der Waals surface area contributed by atoms with E-state index in [1.165, 1.54) is 38.8 Å². The highest BCUT2D eigenvalue weighted by molar-refractivity contribution is 5.34. The van der Waals surface area contributed by atoms with Crippen molar-refractivity contribution in [2.24, 2.45) is 5.92 Å². The molecule has 120 valence electrons. The quantitative estimate of drug-likeness (QED) is 0.924. The van der Waals surface area contributed by atoms with E-state index in [0.29, 0.717) is 6.04 Å². The summed E-state index contributed by atoms with van der Waals surface area (Å²) in [6.07, 6.45) is 6.42. The van der Waals surface area contributed by atoms with Crippen LogP contribution in [0.25, 0.3) is 0 Å². The number of hydrogen-bond donors (Lipinski definition) is 1. The molecule has 1 aliphatic carbocycles. The van der Waals surface area contributed by atoms with Crippen molar-refractivity contribution in [1.29, 1.82) is 0 Å². The third-order valence-electron chi connectivity index (χ3n) is 5.19. The van der Waals surface area contributed by atoms with Crippen molar-refractivity contribution in [2.45, 2.75) is 50.7 Å². The summed E-state index contributed by atoms with van der Waals surface area (Å²) in [5.41, 5.74) is 1.02. The highest BCUT2D eigenvalue weighted by Gasteiger charge is 2.44. The molecule has 5 nitrogen and oxygen atoms in total. The molecule has 0 aromatic carbocycles. The minimum atomic E-state index is 0.0724. The minimum absolute atomic E-state index is 0.0724. The molecule has 1 saturated carbocycles. The van der Waals surface area contributed by atoms with Crippen LogP contribution in [0.1, 0.15) is 37.8 Å². The molecule has 1 spiro atoms. The standard InChI is InChI=1S/C17H26N4O/c1-13-3-6-16(20-19-13)18-15-9-17(22-11-15)7-2-8-21(12-17)10-14-4-5-14/h3,6,14-15H,2,4-5,7-12H2,1H3,(H,18,20)/t15-,17-/m1/s1. The van der Waals surface area contributed by atoms with Crippen LogP contribution >= 0.6 is 0 Å². The lowest BCUT2D eigenvalue weighted by atomic mass is 9.88. The molecule has 0 radical (unpaired) electrons. The summed E-state index contributed by atoms with van der Waals surface area (Å²) in [5.74, 6) is 1.83. The predicted molar refractivity (Wildman–Crippen MR) is 85.9 cm³/mol. The molecular formula is C17H26N4O. The van der Waals surface area contributed by atoms with E-state index < -0.39 is 0 Å². The lowest BCUT2D eigenvalue weighted by Crippen LogP contribution is -2.48. The summed E-state index contributed by atoms with van der Waals surface area (Å²) in [4.78, 5) is 2.63. The van der Waals surface area contributed by atoms with Crippen LogP contribution in [0.4, 0.5) is 5.82 Å². The molecular weight excluding hydrogens is 276 g/mol. The zero-order chi connectivity index (χ0) is 15.0. The lowest BCUT2D eigenvalue weighted by molar-refractivity contribution is -0.0521. The SMILES string of the molecule is Cc1ccc(N[C@H]2CO[C@]3(CCCN(CC4CC4)C3)C2)nn1. The minimum Gasteiger partial charge on any atom is -0.371 e. The van der Waals surface area contributed by atoms with E-state index in [1.807, 2.05) is 19.1 Å². The second-order valence-electron chi connectivity index (χ2n) is 7.38. The summed E-state index contributed by atoms with van der Waals surface area (Å²) in [6, 6.07) is 4.37. The molecule has 5 heteroatoms. The fourth-order valence-electron chi connectivity index (χ4n) is 3.92. The molecule has 2 aliphatic heterocycles. The number of ether oxygens (including phenoxy) is 1. The first-order valence-corrected chi connectivity index (χ1v) is 8.64. The van der Waals surface area contributed by atoms with Crippen LogP contribution in [0.2, 0.25) is 0 Å². The second-order valence-corrected chi connectivity index (χ2v) is 7.38. The molecule has 1 aromatic heterocycles. The van der Waals surface area contributed by atoms with Crippen molar-refractivity contribution >= 4 is 5.82 Å². The van der Waals surface area contributed by atoms with E-state index in [9.17, 15) is 0 Å². The van der Waals surface area contributed by atoms with Gasteiger partial charge in [0.15, 0.2) is 0 Å². The smallest absolute Gasteiger partial charge is 0.148 e. The number of rotatable bonds is 4. The number of nitrogens with one attached hydrogen (secondary N) is 1. The molecule has 3 aliphatic rings. The van der Waals surface area contributed by atoms with Gasteiger partial charge < -0.3 is 15.0 Å². The van der Waals surface area contributed by atoms with Gasteiger partial charge in [-0.2, -0.15) is 5.10 Å². The van der Waals surface area contributed by atoms with Crippen LogP contribution in [-0.2, 0) is 4.74 Å². The van der Waals surface area contributed by atoms with E-state index >= 15 is 0 Å². The van der Waals surface area contributed by atoms with Crippen molar-refractivity contribution in [3.05, 3.63) is 17.8 Å². The third kappa shape index (κ3) is 3.25. The van der Waals surface area contributed by atoms with Gasteiger partial charge in [0.05, 0.1) is 23.9 Å². The van der Waals surface area contributed by atoms with Crippen LogP contribution in [0.3, 0.4) is 0 Å². The van der Waals surface area contributed by atoms with Crippen molar-refractivity contribution < 1.29 is 4.74 Å². The van der Waals surface area contributed by atoms with Crippen LogP contribution in [0, 0.1) is 12.8 Å². The molecule has 3 heterocycles. The van der Waals surface area contributed by atoms with Gasteiger partial charge in [-0.05, 0) is 57.2 Å². The van der Waals surface area contributed by atoms with E-state index in [4.69, 9.17) is 4.74 Å². The van der Waals surface area contributed by atoms with Crippen LogP contribution in [-0.4, -0.2) is 53.0 Å². The van der Waals surface area contributed by atoms with Crippen LogP contribution in [0.15, 0.2) is 12.1 Å². The maximum absolute atomic E-state index is 6.27. The molecule has 0 bridgehead atoms. The number of nitrogens with zero attached hydrogens (tertiary/aromatic N) is 3. The van der Waals surface area contributed by atoms with Gasteiger partial charge in [0.2, 0.25) is 0 Å². The average molecular weight is 302 g/mol. The average Bonchev–Trinajstić information content (AvgIpc) is 3.24. The Morgan fingerprint density at radius 2 is 2.27 bits per heavy atom. The Hall–Kier alpha value is -1.20. The molecule has 1 aromatic rings. The maximum Gasteiger partial charge on any atom is 0.148 e. The Morgan fingerprint density at radius 1 is 1.36 bits per heavy atom. The topological polar surface area (TPSA) is 50.3 Å². The number of likely N-dealkylation sites (tertiary alicyclic amines) is 1. The zero-order valence-corrected chi connectivity index (χ0v) is 13.4. The Kier molecular flexibility index (Phi) is 3.78. The van der Waals surface area contributed by atoms with Crippen molar-refractivity contribution in [1.82, 2.24) is 15.1 Å². The zero-order valence-electron chi connectivity index (χ0n) is 13.4. The molecule has 0 amide bonds. The van der Waals surface area contributed by atoms with Crippen molar-refractivity contribution in [2.75, 3.05) is 31.6 Å². The number of aryl methyl sites for hydroxylation is 1. The van der Waals surface area contributed by atoms with Gasteiger partial charge in [-0.25, -0.2) is 0 Å². The molecule has 1 N–H and O–H groups in total. The van der Waals surface area contributed by atoms with Crippen molar-refractivity contribution in [3.8, 4) is 0 Å². The third-order valence-corrected chi connectivity index (χ3v) is 5.19. The summed E-state index contributed by atoms with van der Waals surface area (Å²) >= 11 is 0. The van der Waals surface area contributed by atoms with Gasteiger partial charge >= 0.3 is 0 Å². The van der Waals surface area contributed by atoms with Gasteiger partial charge in [0.1, 0.15) is 5.82 Å². The van der Waals surface area contributed by atoms with Crippen LogP contribution in [0.5, 0.6) is 0 Å². The normalized spacial score (nSPS) is 32.5. The molecule has 2 saturated heterocycles. The van der Waals surface area contributed by atoms with E-state index in [2.05, 4.69) is 20.4 Å². The fourth-order valence-corrected chi connectivity index (χ4v) is 3.92. The molecule has 3 fully saturated rings. The second kappa shape index (κ2) is 5.78. The Balaban J connectivity index is 1.35. The van der Waals surface area contributed by atoms with Gasteiger partial charge in [0.25, 0.3) is 0 Å². The summed E-state index contributed by atoms with van der Waals surface area (Å²) in [5, 5.41) is 11.8. The van der Waals surface area contributed by atoms with E-state index in [0.717, 1.165) is 37.0 Å². The van der Waals surface area contributed by atoms with Gasteiger partial charge in [-0.15, -0.1) is 5.10 Å². The van der Waals surface area contributed by atoms with Crippen molar-refractivity contribution in [3.63, 3.8) is 0 Å². The molecule has 2 atom stereocenters. The first-order chi connectivity index (χ1) is 10.7. The Bertz CT molecular complexity index is 516. The molecule has 4 rings (SSSR count). The number of piperidine rings is 1. The fraction of sp³-hybridized carbons (Fsp3) is 0.765. The number of aromatic nitrogens is 2. The monoisotopic (exact) mass is 302 g/mol. The van der Waals surface area contributed by atoms with Crippen LogP contribution < -0.4 is 5.32 Å². The van der Waals surface area contributed by atoms with E-state index in [1.54, 1.807) is 0 Å². The van der Waals surface area contributed by atoms with Gasteiger partial charge in [-0.3, -0.25) is 0 Å². The van der Waals surface area contributed by atoms with Gasteiger partial charge in [0, 0.05) is 19.5 Å². The first kappa shape index (κ1) is 14.4. The number of anilines is 1. The lowest BCUT2D eigenvalue weighted by Gasteiger charge is -2.39.